The molecule has 0 saturated carbocycles. The number of carboxylic acids is 3. The van der Waals surface area contributed by atoms with Gasteiger partial charge in [-0.05, 0) is 45.4 Å². The normalized spacial score (nSPS) is 13.1. The van der Waals surface area contributed by atoms with Crippen LogP contribution >= 0.6 is 0 Å². The van der Waals surface area contributed by atoms with E-state index in [2.05, 4.69) is 27.8 Å². The first kappa shape index (κ1) is 49.7. The van der Waals surface area contributed by atoms with Crippen molar-refractivity contribution in [3.63, 3.8) is 0 Å². The van der Waals surface area contributed by atoms with Gasteiger partial charge in [-0.1, -0.05) is 70.3 Å². The number of aliphatic hydroxyl groups is 1. The summed E-state index contributed by atoms with van der Waals surface area (Å²) in [6.07, 6.45) is 14.0. The number of carboxylic acid groups (broad SMARTS) is 3. The predicted octanol–water partition coefficient (Wildman–Crippen LogP) is 3.53. The molecule has 0 aliphatic heterocycles. The third kappa shape index (κ3) is 28.2. The second kappa shape index (κ2) is 31.1. The molecule has 0 bridgehead atoms. The summed E-state index contributed by atoms with van der Waals surface area (Å²) in [6, 6.07) is -3.60. The third-order valence-electron chi connectivity index (χ3n) is 8.88. The molecule has 16 nitrogen and oxygen atoms in total. The Morgan fingerprint density at radius 1 is 0.500 bits per heavy atom. The maximum Gasteiger partial charge on any atom is 0.326 e. The average Bonchev–Trinajstić information content (AvgIpc) is 3.11. The fraction of sp³-hybridized carbons (Fsp3) is 0.737. The summed E-state index contributed by atoms with van der Waals surface area (Å²) in [5, 5.41) is 46.4. The third-order valence-corrected chi connectivity index (χ3v) is 8.88. The smallest absolute Gasteiger partial charge is 0.326 e. The molecule has 8 N–H and O–H groups in total. The van der Waals surface area contributed by atoms with E-state index in [1.165, 1.54) is 25.3 Å². The summed E-state index contributed by atoms with van der Waals surface area (Å²) >= 11 is 0. The molecule has 4 amide bonds. The minimum atomic E-state index is -1.33. The second-order valence-corrected chi connectivity index (χ2v) is 13.8. The van der Waals surface area contributed by atoms with Gasteiger partial charge in [-0.15, -0.1) is 6.58 Å². The highest BCUT2D eigenvalue weighted by molar-refractivity contribution is 5.86. The summed E-state index contributed by atoms with van der Waals surface area (Å²) in [4.78, 5) is 94.4. The van der Waals surface area contributed by atoms with E-state index in [1.54, 1.807) is 6.92 Å². The predicted molar refractivity (Wildman–Crippen MR) is 200 cm³/mol. The number of aliphatic carboxylic acids is 3. The zero-order valence-corrected chi connectivity index (χ0v) is 31.9. The number of hydrogen-bond acceptors (Lipinski definition) is 9. The highest BCUT2D eigenvalue weighted by atomic mass is 16.4. The van der Waals surface area contributed by atoms with Crippen LogP contribution < -0.4 is 21.3 Å². The first-order chi connectivity index (χ1) is 25.7. The van der Waals surface area contributed by atoms with Crippen LogP contribution in [0.5, 0.6) is 0 Å². The van der Waals surface area contributed by atoms with Crippen LogP contribution in [0, 0.1) is 0 Å². The number of carbonyl (C=O) groups excluding carboxylic acids is 5. The van der Waals surface area contributed by atoms with Crippen molar-refractivity contribution in [3.8, 4) is 0 Å². The Labute approximate surface area is 318 Å². The van der Waals surface area contributed by atoms with Crippen molar-refractivity contribution in [2.75, 3.05) is 6.61 Å². The van der Waals surface area contributed by atoms with Gasteiger partial charge in [0.15, 0.2) is 5.78 Å². The van der Waals surface area contributed by atoms with Gasteiger partial charge in [0.25, 0.3) is 0 Å². The van der Waals surface area contributed by atoms with Crippen LogP contribution in [0.25, 0.3) is 0 Å². The molecule has 0 aromatic rings. The molecule has 0 aliphatic rings. The molecule has 0 heterocycles. The standard InChI is InChI=1S/C38H64N4O12/c1-3-28(40-32(45)16-14-12-10-8-6-4-5-7-9-11-13-15-17-36(49)50)19-24-35(48)42-31(38(53)54)22-25-33(46)39-27(2)18-23-34(47)41-30(37(51)52)21-20-29(44)26-43/h3,27-28,30-31,43H,1,4-26H2,2H3,(H,39,46)(H,40,45)(H,41,47)(H,42,48)(H,49,50)(H,51,52)(H,53,54)/t27-,28-,30+,31+/m1/s1. The van der Waals surface area contributed by atoms with Gasteiger partial charge < -0.3 is 41.7 Å². The number of unbranched alkanes of at least 4 members (excludes halogenated alkanes) is 11. The van der Waals surface area contributed by atoms with Crippen LogP contribution in [0.2, 0.25) is 0 Å². The Morgan fingerprint density at radius 3 is 1.33 bits per heavy atom. The molecule has 0 rings (SSSR count). The van der Waals surface area contributed by atoms with Crippen molar-refractivity contribution in [2.45, 2.75) is 172 Å². The Hall–Kier alpha value is -4.34. The molecule has 0 fully saturated rings. The number of hydrogen-bond donors (Lipinski definition) is 8. The van der Waals surface area contributed by atoms with E-state index in [0.717, 1.165) is 57.8 Å². The maximum absolute atomic E-state index is 12.5. The Balaban J connectivity index is 4.27. The van der Waals surface area contributed by atoms with Crippen LogP contribution in [-0.2, 0) is 38.4 Å². The van der Waals surface area contributed by atoms with Gasteiger partial charge in [-0.25, -0.2) is 9.59 Å². The van der Waals surface area contributed by atoms with E-state index in [0.29, 0.717) is 6.42 Å². The fourth-order valence-electron chi connectivity index (χ4n) is 5.62. The van der Waals surface area contributed by atoms with E-state index in [1.807, 2.05) is 0 Å². The molecule has 4 atom stereocenters. The van der Waals surface area contributed by atoms with Gasteiger partial charge >= 0.3 is 17.9 Å². The van der Waals surface area contributed by atoms with E-state index < -0.39 is 72.2 Å². The van der Waals surface area contributed by atoms with Crippen molar-refractivity contribution in [1.29, 1.82) is 0 Å². The monoisotopic (exact) mass is 768 g/mol. The van der Waals surface area contributed by atoms with Crippen molar-refractivity contribution in [3.05, 3.63) is 12.7 Å². The fourth-order valence-corrected chi connectivity index (χ4v) is 5.62. The SMILES string of the molecule is C=C[C@H](CCC(=O)N[C@@H](CCC(=O)N[C@H](C)CCC(=O)N[C@@H](CCC(=O)CO)C(=O)O)C(=O)O)NC(=O)CCCCCCCCCCCCCCC(=O)O. The molecular weight excluding hydrogens is 704 g/mol. The lowest BCUT2D eigenvalue weighted by molar-refractivity contribution is -0.142. The number of carbonyl (C=O) groups is 8. The van der Waals surface area contributed by atoms with Crippen molar-refractivity contribution < 1.29 is 58.8 Å². The zero-order valence-electron chi connectivity index (χ0n) is 31.9. The molecule has 0 aromatic carbocycles. The van der Waals surface area contributed by atoms with Crippen LogP contribution in [0.15, 0.2) is 12.7 Å². The lowest BCUT2D eigenvalue weighted by atomic mass is 10.0. The molecule has 308 valence electrons. The van der Waals surface area contributed by atoms with Crippen LogP contribution in [0.3, 0.4) is 0 Å². The molecule has 54 heavy (non-hydrogen) atoms. The molecule has 0 aliphatic carbocycles. The van der Waals surface area contributed by atoms with Gasteiger partial charge in [0.2, 0.25) is 23.6 Å². The summed E-state index contributed by atoms with van der Waals surface area (Å²) in [5.74, 6) is -5.73. The molecule has 0 aromatic heterocycles. The highest BCUT2D eigenvalue weighted by Gasteiger charge is 2.23. The van der Waals surface area contributed by atoms with Crippen LogP contribution in [0.1, 0.15) is 148 Å². The number of aliphatic hydroxyl groups excluding tert-OH is 1. The minimum absolute atomic E-state index is 0.0722. The average molecular weight is 769 g/mol. The number of ketones is 1. The summed E-state index contributed by atoms with van der Waals surface area (Å²) in [6.45, 7) is 4.62. The topological polar surface area (TPSA) is 266 Å². The number of amides is 4. The molecule has 0 radical (unpaired) electrons. The number of nitrogens with one attached hydrogen (secondary N) is 4. The van der Waals surface area contributed by atoms with Crippen molar-refractivity contribution in [1.82, 2.24) is 21.3 Å². The Bertz CT molecular complexity index is 1190. The summed E-state index contributed by atoms with van der Waals surface area (Å²) in [7, 11) is 0. The van der Waals surface area contributed by atoms with Gasteiger partial charge in [-0.2, -0.15) is 0 Å². The first-order valence-electron chi connectivity index (χ1n) is 19.3. The maximum atomic E-state index is 12.5. The quantitative estimate of drug-likeness (QED) is 0.0340. The van der Waals surface area contributed by atoms with Crippen molar-refractivity contribution >= 4 is 47.3 Å². The van der Waals surface area contributed by atoms with Gasteiger partial charge in [0.05, 0.1) is 0 Å². The zero-order chi connectivity index (χ0) is 40.7. The molecular formula is C38H64N4O12. The Morgan fingerprint density at radius 2 is 0.889 bits per heavy atom. The van der Waals surface area contributed by atoms with E-state index in [-0.39, 0.29) is 63.7 Å². The van der Waals surface area contributed by atoms with Crippen molar-refractivity contribution in [2.24, 2.45) is 0 Å². The largest absolute Gasteiger partial charge is 0.481 e. The molecule has 16 heteroatoms. The highest BCUT2D eigenvalue weighted by Crippen LogP contribution is 2.13. The molecule has 0 unspecified atom stereocenters. The molecule has 0 saturated heterocycles. The van der Waals surface area contributed by atoms with Crippen LogP contribution in [0.4, 0.5) is 0 Å². The van der Waals surface area contributed by atoms with E-state index in [9.17, 15) is 48.6 Å². The second-order valence-electron chi connectivity index (χ2n) is 13.8. The summed E-state index contributed by atoms with van der Waals surface area (Å²) in [5.41, 5.74) is 0. The lowest BCUT2D eigenvalue weighted by Gasteiger charge is -2.18. The van der Waals surface area contributed by atoms with Gasteiger partial charge in [-0.3, -0.25) is 28.8 Å². The molecule has 0 spiro atoms. The van der Waals surface area contributed by atoms with Gasteiger partial charge in [0.1, 0.15) is 18.7 Å². The van der Waals surface area contributed by atoms with E-state index >= 15 is 0 Å². The number of Topliss-reactive ketones (excluding diaryl/α,β-unsaturated/α-hetero) is 1. The first-order valence-corrected chi connectivity index (χ1v) is 19.3. The lowest BCUT2D eigenvalue weighted by Crippen LogP contribution is -2.43. The van der Waals surface area contributed by atoms with Gasteiger partial charge in [0, 0.05) is 50.6 Å². The summed E-state index contributed by atoms with van der Waals surface area (Å²) < 4.78 is 0. The minimum Gasteiger partial charge on any atom is -0.481 e. The van der Waals surface area contributed by atoms with Crippen LogP contribution in [-0.4, -0.2) is 98.5 Å². The Kier molecular flexibility index (Phi) is 28.6. The van der Waals surface area contributed by atoms with E-state index in [4.69, 9.17) is 10.2 Å². The number of rotatable bonds is 35.